The van der Waals surface area contributed by atoms with Gasteiger partial charge in [-0.15, -0.1) is 0 Å². The molecule has 0 heterocycles. The van der Waals surface area contributed by atoms with E-state index >= 15 is 0 Å². The Morgan fingerprint density at radius 3 is 2.88 bits per heavy atom. The van der Waals surface area contributed by atoms with Gasteiger partial charge in [0.1, 0.15) is 5.75 Å². The second-order valence-electron chi connectivity index (χ2n) is 3.50. The van der Waals surface area contributed by atoms with Gasteiger partial charge in [-0.05, 0) is 24.6 Å². The third kappa shape index (κ3) is 3.74. The number of carbonyl (C=O) groups excluding carboxylic acids is 1. The van der Waals surface area contributed by atoms with Crippen LogP contribution in [0.25, 0.3) is 0 Å². The first-order valence-electron chi connectivity index (χ1n) is 5.30. The number of rotatable bonds is 5. The first kappa shape index (κ1) is 12.8. The van der Waals surface area contributed by atoms with Crippen LogP contribution in [0.15, 0.2) is 18.2 Å². The highest BCUT2D eigenvalue weighted by Gasteiger charge is 2.07. The third-order valence-electron chi connectivity index (χ3n) is 2.19. The molecule has 1 aromatic rings. The highest BCUT2D eigenvalue weighted by atomic mass is 35.5. The van der Waals surface area contributed by atoms with E-state index in [0.717, 1.165) is 12.8 Å². The zero-order chi connectivity index (χ0) is 12.0. The smallest absolute Gasteiger partial charge is 0.224 e. The number of halogens is 1. The first-order valence-corrected chi connectivity index (χ1v) is 5.68. The number of hydrogen-bond acceptors (Lipinski definition) is 2. The number of amides is 1. The van der Waals surface area contributed by atoms with Crippen molar-refractivity contribution in [2.45, 2.75) is 26.2 Å². The summed E-state index contributed by atoms with van der Waals surface area (Å²) in [6.45, 7) is 2.05. The molecule has 0 saturated carbocycles. The molecular weight excluding hydrogens is 226 g/mol. The van der Waals surface area contributed by atoms with Crippen molar-refractivity contribution in [2.75, 3.05) is 12.4 Å². The largest absolute Gasteiger partial charge is 0.495 e. The maximum Gasteiger partial charge on any atom is 0.224 e. The van der Waals surface area contributed by atoms with E-state index in [0.29, 0.717) is 22.9 Å². The lowest BCUT2D eigenvalue weighted by Crippen LogP contribution is -2.11. The van der Waals surface area contributed by atoms with Crippen molar-refractivity contribution in [1.29, 1.82) is 0 Å². The average Bonchev–Trinajstić information content (AvgIpc) is 2.27. The zero-order valence-electron chi connectivity index (χ0n) is 9.55. The highest BCUT2D eigenvalue weighted by molar-refractivity contribution is 6.31. The SMILES string of the molecule is CCCCC(=O)Nc1cc(Cl)ccc1OC. The highest BCUT2D eigenvalue weighted by Crippen LogP contribution is 2.27. The summed E-state index contributed by atoms with van der Waals surface area (Å²) in [4.78, 5) is 11.5. The Labute approximate surface area is 101 Å². The van der Waals surface area contributed by atoms with Crippen molar-refractivity contribution in [3.8, 4) is 5.75 Å². The van der Waals surface area contributed by atoms with Gasteiger partial charge in [0.15, 0.2) is 0 Å². The van der Waals surface area contributed by atoms with Crippen LogP contribution in [-0.4, -0.2) is 13.0 Å². The molecule has 0 aliphatic rings. The Morgan fingerprint density at radius 2 is 2.25 bits per heavy atom. The van der Waals surface area contributed by atoms with E-state index in [1.807, 2.05) is 6.92 Å². The van der Waals surface area contributed by atoms with E-state index in [4.69, 9.17) is 16.3 Å². The molecule has 1 aromatic carbocycles. The van der Waals surface area contributed by atoms with E-state index in [1.54, 1.807) is 25.3 Å². The standard InChI is InChI=1S/C12H16ClNO2/c1-3-4-5-12(15)14-10-8-9(13)6-7-11(10)16-2/h6-8H,3-5H2,1-2H3,(H,14,15). The van der Waals surface area contributed by atoms with E-state index in [9.17, 15) is 4.79 Å². The van der Waals surface area contributed by atoms with Crippen LogP contribution in [0.1, 0.15) is 26.2 Å². The predicted molar refractivity (Wildman–Crippen MR) is 66.2 cm³/mol. The van der Waals surface area contributed by atoms with Gasteiger partial charge in [0.05, 0.1) is 12.8 Å². The number of unbranched alkanes of at least 4 members (excludes halogenated alkanes) is 1. The van der Waals surface area contributed by atoms with Gasteiger partial charge in [0.2, 0.25) is 5.91 Å². The number of nitrogens with one attached hydrogen (secondary N) is 1. The number of hydrogen-bond donors (Lipinski definition) is 1. The molecule has 1 rings (SSSR count). The lowest BCUT2D eigenvalue weighted by atomic mass is 10.2. The molecule has 88 valence electrons. The Morgan fingerprint density at radius 1 is 1.50 bits per heavy atom. The van der Waals surface area contributed by atoms with Crippen LogP contribution in [0.3, 0.4) is 0 Å². The number of methoxy groups -OCH3 is 1. The predicted octanol–water partition coefficient (Wildman–Crippen LogP) is 3.48. The number of carbonyl (C=O) groups is 1. The van der Waals surface area contributed by atoms with Gasteiger partial charge in [0, 0.05) is 11.4 Å². The molecule has 0 radical (unpaired) electrons. The molecule has 0 aromatic heterocycles. The Kier molecular flexibility index (Phi) is 5.12. The van der Waals surface area contributed by atoms with Crippen molar-refractivity contribution in [3.63, 3.8) is 0 Å². The molecule has 0 aliphatic heterocycles. The normalized spacial score (nSPS) is 9.94. The maximum absolute atomic E-state index is 11.5. The summed E-state index contributed by atoms with van der Waals surface area (Å²) in [5.74, 6) is 0.608. The summed E-state index contributed by atoms with van der Waals surface area (Å²) in [7, 11) is 1.56. The fourth-order valence-electron chi connectivity index (χ4n) is 1.33. The first-order chi connectivity index (χ1) is 7.67. The Bertz CT molecular complexity index is 366. The quantitative estimate of drug-likeness (QED) is 0.857. The summed E-state index contributed by atoms with van der Waals surface area (Å²) in [5, 5.41) is 3.36. The fourth-order valence-corrected chi connectivity index (χ4v) is 1.50. The molecule has 0 fully saturated rings. The molecule has 0 spiro atoms. The molecule has 1 N–H and O–H groups in total. The van der Waals surface area contributed by atoms with E-state index in [2.05, 4.69) is 5.32 Å². The Hall–Kier alpha value is -1.22. The molecule has 16 heavy (non-hydrogen) atoms. The number of anilines is 1. The van der Waals surface area contributed by atoms with Gasteiger partial charge < -0.3 is 10.1 Å². The molecular formula is C12H16ClNO2. The van der Waals surface area contributed by atoms with Gasteiger partial charge >= 0.3 is 0 Å². The second-order valence-corrected chi connectivity index (χ2v) is 3.93. The summed E-state index contributed by atoms with van der Waals surface area (Å²) in [5.41, 5.74) is 0.621. The van der Waals surface area contributed by atoms with Crippen LogP contribution in [0.5, 0.6) is 5.75 Å². The van der Waals surface area contributed by atoms with E-state index in [-0.39, 0.29) is 5.91 Å². The summed E-state index contributed by atoms with van der Waals surface area (Å²) >= 11 is 5.85. The lowest BCUT2D eigenvalue weighted by Gasteiger charge is -2.10. The van der Waals surface area contributed by atoms with Crippen LogP contribution in [0, 0.1) is 0 Å². The molecule has 1 amide bonds. The van der Waals surface area contributed by atoms with Crippen molar-refractivity contribution in [1.82, 2.24) is 0 Å². The average molecular weight is 242 g/mol. The minimum atomic E-state index is -0.0117. The van der Waals surface area contributed by atoms with Crippen molar-refractivity contribution in [3.05, 3.63) is 23.2 Å². The summed E-state index contributed by atoms with van der Waals surface area (Å²) < 4.78 is 5.13. The monoisotopic (exact) mass is 241 g/mol. The van der Waals surface area contributed by atoms with Crippen LogP contribution in [-0.2, 0) is 4.79 Å². The van der Waals surface area contributed by atoms with Gasteiger partial charge in [-0.3, -0.25) is 4.79 Å². The molecule has 0 bridgehead atoms. The molecule has 0 aliphatic carbocycles. The topological polar surface area (TPSA) is 38.3 Å². The summed E-state index contributed by atoms with van der Waals surface area (Å²) in [6.07, 6.45) is 2.40. The third-order valence-corrected chi connectivity index (χ3v) is 2.43. The van der Waals surface area contributed by atoms with E-state index < -0.39 is 0 Å². The molecule has 4 heteroatoms. The number of benzene rings is 1. The molecule has 0 atom stereocenters. The minimum absolute atomic E-state index is 0.0117. The van der Waals surface area contributed by atoms with Crippen molar-refractivity contribution >= 4 is 23.2 Å². The van der Waals surface area contributed by atoms with Crippen LogP contribution in [0.2, 0.25) is 5.02 Å². The van der Waals surface area contributed by atoms with Crippen LogP contribution < -0.4 is 10.1 Å². The van der Waals surface area contributed by atoms with Crippen molar-refractivity contribution in [2.24, 2.45) is 0 Å². The summed E-state index contributed by atoms with van der Waals surface area (Å²) in [6, 6.07) is 5.14. The lowest BCUT2D eigenvalue weighted by molar-refractivity contribution is -0.116. The maximum atomic E-state index is 11.5. The minimum Gasteiger partial charge on any atom is -0.495 e. The molecule has 0 saturated heterocycles. The number of ether oxygens (including phenoxy) is 1. The van der Waals surface area contributed by atoms with Gasteiger partial charge in [-0.2, -0.15) is 0 Å². The zero-order valence-corrected chi connectivity index (χ0v) is 10.3. The van der Waals surface area contributed by atoms with Crippen LogP contribution >= 0.6 is 11.6 Å². The van der Waals surface area contributed by atoms with Crippen molar-refractivity contribution < 1.29 is 9.53 Å². The van der Waals surface area contributed by atoms with E-state index in [1.165, 1.54) is 0 Å². The Balaban J connectivity index is 2.71. The van der Waals surface area contributed by atoms with Gasteiger partial charge in [0.25, 0.3) is 0 Å². The second kappa shape index (κ2) is 6.38. The van der Waals surface area contributed by atoms with Gasteiger partial charge in [-0.25, -0.2) is 0 Å². The fraction of sp³-hybridized carbons (Fsp3) is 0.417. The van der Waals surface area contributed by atoms with Gasteiger partial charge in [-0.1, -0.05) is 24.9 Å². The molecule has 0 unspecified atom stereocenters. The van der Waals surface area contributed by atoms with Crippen LogP contribution in [0.4, 0.5) is 5.69 Å². The molecule has 3 nitrogen and oxygen atoms in total.